The molecule has 0 aliphatic carbocycles. The van der Waals surface area contributed by atoms with Gasteiger partial charge in [-0.3, -0.25) is 4.90 Å². The lowest BCUT2D eigenvalue weighted by Crippen LogP contribution is -2.34. The van der Waals surface area contributed by atoms with Crippen LogP contribution in [0, 0.1) is 5.92 Å². The monoisotopic (exact) mass is 334 g/mol. The zero-order valence-corrected chi connectivity index (χ0v) is 15.9. The minimum Gasteiger partial charge on any atom is -0.491 e. The first-order valence-electron chi connectivity index (χ1n) is 8.14. The highest BCUT2D eigenvalue weighted by molar-refractivity contribution is 5.88. The van der Waals surface area contributed by atoms with Crippen LogP contribution in [0.1, 0.15) is 34.6 Å². The van der Waals surface area contributed by atoms with Crippen LogP contribution >= 0.6 is 0 Å². The highest BCUT2D eigenvalue weighted by Gasteiger charge is 2.21. The molecule has 5 nitrogen and oxygen atoms in total. The summed E-state index contributed by atoms with van der Waals surface area (Å²) in [6, 6.07) is 5.61. The first-order valence-corrected chi connectivity index (χ1v) is 8.14. The Morgan fingerprint density at radius 2 is 1.92 bits per heavy atom. The van der Waals surface area contributed by atoms with E-state index in [9.17, 15) is 4.79 Å². The summed E-state index contributed by atoms with van der Waals surface area (Å²) >= 11 is 0. The summed E-state index contributed by atoms with van der Waals surface area (Å²) in [6.07, 6.45) is 1.31. The Morgan fingerprint density at radius 1 is 1.29 bits per heavy atom. The Bertz CT molecular complexity index is 576. The lowest BCUT2D eigenvalue weighted by Gasteiger charge is -2.26. The molecular formula is C19H30N2O3. The molecule has 1 aromatic carbocycles. The van der Waals surface area contributed by atoms with Gasteiger partial charge in [-0.1, -0.05) is 20.4 Å². The van der Waals surface area contributed by atoms with Gasteiger partial charge in [0.15, 0.2) is 0 Å². The third-order valence-electron chi connectivity index (χ3n) is 3.22. The number of hydrogen-bond acceptors (Lipinski definition) is 4. The van der Waals surface area contributed by atoms with Gasteiger partial charge in [0.2, 0.25) is 0 Å². The van der Waals surface area contributed by atoms with Crippen molar-refractivity contribution in [2.24, 2.45) is 5.92 Å². The fourth-order valence-electron chi connectivity index (χ4n) is 1.90. The molecule has 0 atom stereocenters. The van der Waals surface area contributed by atoms with E-state index in [4.69, 9.17) is 9.47 Å². The lowest BCUT2D eigenvalue weighted by atomic mass is 10.2. The minimum atomic E-state index is -0.535. The molecule has 1 aromatic rings. The number of rotatable bonds is 6. The molecule has 134 valence electrons. The van der Waals surface area contributed by atoms with Gasteiger partial charge in [-0.15, -0.1) is 0 Å². The zero-order chi connectivity index (χ0) is 18.5. The van der Waals surface area contributed by atoms with Crippen molar-refractivity contribution in [2.45, 2.75) is 40.2 Å². The summed E-state index contributed by atoms with van der Waals surface area (Å²) in [4.78, 5) is 15.6. The smallest absolute Gasteiger partial charge is 0.414 e. The molecule has 24 heavy (non-hydrogen) atoms. The summed E-state index contributed by atoms with van der Waals surface area (Å²) in [5.74, 6) is 1.18. The normalized spacial score (nSPS) is 11.2. The van der Waals surface area contributed by atoms with Crippen molar-refractivity contribution in [2.75, 3.05) is 30.5 Å². The Hall–Kier alpha value is -2.17. The number of nitrogens with zero attached hydrogens (tertiary/aromatic N) is 2. The molecule has 0 aliphatic heterocycles. The molecule has 0 aromatic heterocycles. The Labute approximate surface area is 145 Å². The summed E-state index contributed by atoms with van der Waals surface area (Å²) in [6.45, 7) is 14.2. The molecular weight excluding hydrogens is 304 g/mol. The van der Waals surface area contributed by atoms with Crippen molar-refractivity contribution >= 4 is 17.5 Å². The Kier molecular flexibility index (Phi) is 6.70. The number of carbonyl (C=O) groups excluding carboxylic acids is 1. The number of hydrogen-bond donors (Lipinski definition) is 0. The fourth-order valence-corrected chi connectivity index (χ4v) is 1.90. The van der Waals surface area contributed by atoms with Crippen molar-refractivity contribution < 1.29 is 14.3 Å². The van der Waals surface area contributed by atoms with Gasteiger partial charge in [0.05, 0.1) is 12.3 Å². The van der Waals surface area contributed by atoms with Gasteiger partial charge in [-0.25, -0.2) is 4.79 Å². The van der Waals surface area contributed by atoms with Gasteiger partial charge < -0.3 is 14.4 Å². The van der Waals surface area contributed by atoms with Gasteiger partial charge in [0.25, 0.3) is 0 Å². The molecule has 5 heteroatoms. The second kappa shape index (κ2) is 8.08. The first kappa shape index (κ1) is 19.9. The topological polar surface area (TPSA) is 42.0 Å². The van der Waals surface area contributed by atoms with Crippen LogP contribution < -0.4 is 14.5 Å². The van der Waals surface area contributed by atoms with Crippen LogP contribution in [0.3, 0.4) is 0 Å². The molecule has 1 rings (SSSR count). The van der Waals surface area contributed by atoms with E-state index in [2.05, 4.69) is 20.4 Å². The third kappa shape index (κ3) is 5.80. The van der Waals surface area contributed by atoms with E-state index < -0.39 is 11.7 Å². The second-order valence-electron chi connectivity index (χ2n) is 7.19. The number of ether oxygens (including phenoxy) is 2. The van der Waals surface area contributed by atoms with Crippen LogP contribution in [-0.4, -0.2) is 32.4 Å². The van der Waals surface area contributed by atoms with Gasteiger partial charge >= 0.3 is 6.09 Å². The molecule has 0 N–H and O–H groups in total. The fraction of sp³-hybridized carbons (Fsp3) is 0.526. The van der Waals surface area contributed by atoms with E-state index >= 15 is 0 Å². The SMILES string of the molecule is C=CN(C)c1cc(N(C)C(=O)OC(C)(C)C)ccc1OCC(C)C. The lowest BCUT2D eigenvalue weighted by molar-refractivity contribution is 0.0589. The minimum absolute atomic E-state index is 0.398. The molecule has 0 saturated carbocycles. The molecule has 1 amide bonds. The van der Waals surface area contributed by atoms with Crippen LogP contribution in [0.2, 0.25) is 0 Å². The average molecular weight is 334 g/mol. The average Bonchev–Trinajstić information content (AvgIpc) is 2.49. The van der Waals surface area contributed by atoms with E-state index in [1.54, 1.807) is 13.2 Å². The molecule has 0 heterocycles. The number of amides is 1. The predicted octanol–water partition coefficient (Wildman–Crippen LogP) is 4.67. The molecule has 0 spiro atoms. The van der Waals surface area contributed by atoms with Gasteiger partial charge in [-0.05, 0) is 51.1 Å². The molecule has 0 fully saturated rings. The van der Waals surface area contributed by atoms with E-state index in [0.29, 0.717) is 12.5 Å². The van der Waals surface area contributed by atoms with E-state index in [1.807, 2.05) is 50.9 Å². The molecule has 0 radical (unpaired) electrons. The Morgan fingerprint density at radius 3 is 2.42 bits per heavy atom. The van der Waals surface area contributed by atoms with Crippen molar-refractivity contribution in [1.29, 1.82) is 0 Å². The van der Waals surface area contributed by atoms with Crippen LogP contribution in [0.15, 0.2) is 31.0 Å². The summed E-state index contributed by atoms with van der Waals surface area (Å²) in [5, 5.41) is 0. The zero-order valence-electron chi connectivity index (χ0n) is 15.9. The van der Waals surface area contributed by atoms with Crippen LogP contribution in [0.5, 0.6) is 5.75 Å². The first-order chi connectivity index (χ1) is 11.0. The van der Waals surface area contributed by atoms with Crippen LogP contribution in [0.4, 0.5) is 16.2 Å². The van der Waals surface area contributed by atoms with Crippen LogP contribution in [-0.2, 0) is 4.74 Å². The molecule has 0 unspecified atom stereocenters. The maximum Gasteiger partial charge on any atom is 0.414 e. The second-order valence-corrected chi connectivity index (χ2v) is 7.19. The quantitative estimate of drug-likeness (QED) is 0.758. The van der Waals surface area contributed by atoms with Crippen molar-refractivity contribution in [3.63, 3.8) is 0 Å². The van der Waals surface area contributed by atoms with Crippen molar-refractivity contribution in [3.05, 3.63) is 31.0 Å². The molecule has 0 bridgehead atoms. The van der Waals surface area contributed by atoms with E-state index in [-0.39, 0.29) is 0 Å². The Balaban J connectivity index is 3.09. The highest BCUT2D eigenvalue weighted by atomic mass is 16.6. The summed E-state index contributed by atoms with van der Waals surface area (Å²) < 4.78 is 11.3. The summed E-state index contributed by atoms with van der Waals surface area (Å²) in [5.41, 5.74) is 1.04. The maximum atomic E-state index is 12.2. The van der Waals surface area contributed by atoms with E-state index in [0.717, 1.165) is 17.1 Å². The van der Waals surface area contributed by atoms with E-state index in [1.165, 1.54) is 4.90 Å². The molecule has 0 aliphatic rings. The number of carbonyl (C=O) groups is 1. The maximum absolute atomic E-state index is 12.2. The number of anilines is 2. The predicted molar refractivity (Wildman–Crippen MR) is 100 cm³/mol. The molecule has 0 saturated heterocycles. The largest absolute Gasteiger partial charge is 0.491 e. The third-order valence-corrected chi connectivity index (χ3v) is 3.22. The highest BCUT2D eigenvalue weighted by Crippen LogP contribution is 2.33. The number of benzene rings is 1. The standard InChI is InChI=1S/C19H30N2O3/c1-9-20(7)16-12-15(10-11-17(16)23-13-14(2)3)21(8)18(22)24-19(4,5)6/h9-12,14H,1,13H2,2-8H3. The van der Waals surface area contributed by atoms with Gasteiger partial charge in [0, 0.05) is 19.8 Å². The van der Waals surface area contributed by atoms with Crippen LogP contribution in [0.25, 0.3) is 0 Å². The summed E-state index contributed by atoms with van der Waals surface area (Å²) in [7, 11) is 3.58. The van der Waals surface area contributed by atoms with Crippen molar-refractivity contribution in [1.82, 2.24) is 0 Å². The van der Waals surface area contributed by atoms with Gasteiger partial charge in [0.1, 0.15) is 11.4 Å². The van der Waals surface area contributed by atoms with Gasteiger partial charge in [-0.2, -0.15) is 0 Å². The van der Waals surface area contributed by atoms with Crippen molar-refractivity contribution in [3.8, 4) is 5.75 Å².